The van der Waals surface area contributed by atoms with Gasteiger partial charge in [-0.05, 0) is 30.5 Å². The van der Waals surface area contributed by atoms with Gasteiger partial charge in [-0.2, -0.15) is 0 Å². The highest BCUT2D eigenvalue weighted by atomic mass is 16.5. The summed E-state index contributed by atoms with van der Waals surface area (Å²) in [6.07, 6.45) is 8.70. The number of methoxy groups -OCH3 is 2. The van der Waals surface area contributed by atoms with Gasteiger partial charge >= 0.3 is 0 Å². The normalized spacial score (nSPS) is 15.9. The van der Waals surface area contributed by atoms with E-state index in [0.717, 1.165) is 42.0 Å². The number of nitrogens with zero attached hydrogens (tertiary/aromatic N) is 4. The number of hydrogen-bond acceptors (Lipinski definition) is 8. The first kappa shape index (κ1) is 19.1. The third kappa shape index (κ3) is 4.27. The zero-order valence-electron chi connectivity index (χ0n) is 16.5. The van der Waals surface area contributed by atoms with E-state index in [-0.39, 0.29) is 6.10 Å². The van der Waals surface area contributed by atoms with Crippen molar-refractivity contribution in [2.45, 2.75) is 25.5 Å². The van der Waals surface area contributed by atoms with Crippen molar-refractivity contribution < 1.29 is 14.2 Å². The third-order valence-electron chi connectivity index (χ3n) is 4.79. The first-order chi connectivity index (χ1) is 14.3. The van der Waals surface area contributed by atoms with Crippen molar-refractivity contribution in [2.24, 2.45) is 0 Å². The van der Waals surface area contributed by atoms with Gasteiger partial charge in [-0.15, -0.1) is 0 Å². The fourth-order valence-corrected chi connectivity index (χ4v) is 3.33. The average molecular weight is 393 g/mol. The van der Waals surface area contributed by atoms with Gasteiger partial charge in [-0.25, -0.2) is 9.97 Å². The predicted octanol–water partition coefficient (Wildman–Crippen LogP) is 3.41. The maximum atomic E-state index is 5.88. The van der Waals surface area contributed by atoms with Gasteiger partial charge in [0.15, 0.2) is 11.5 Å². The van der Waals surface area contributed by atoms with Gasteiger partial charge < -0.3 is 19.5 Å². The van der Waals surface area contributed by atoms with E-state index in [1.807, 2.05) is 18.2 Å². The van der Waals surface area contributed by atoms with E-state index in [1.54, 1.807) is 39.0 Å². The summed E-state index contributed by atoms with van der Waals surface area (Å²) in [5.41, 5.74) is 3.46. The standard InChI is InChI=1S/C21H23N5O3/c1-27-17-6-5-14(10-19(17)28-2)11-24-21-25-12-15(16-13-22-7-8-23-16)20(26-21)18-4-3-9-29-18/h5-8,10,12-13,18H,3-4,9,11H2,1-2H3,(H,24,25,26)/t18-/m1/s1. The Labute approximate surface area is 169 Å². The molecule has 0 unspecified atom stereocenters. The lowest BCUT2D eigenvalue weighted by Gasteiger charge is -2.15. The monoisotopic (exact) mass is 393 g/mol. The van der Waals surface area contributed by atoms with Crippen LogP contribution in [0.4, 0.5) is 5.95 Å². The maximum absolute atomic E-state index is 5.88. The number of hydrogen-bond donors (Lipinski definition) is 1. The van der Waals surface area contributed by atoms with Gasteiger partial charge in [0.05, 0.1) is 31.8 Å². The van der Waals surface area contributed by atoms with Crippen molar-refractivity contribution in [3.63, 3.8) is 0 Å². The Morgan fingerprint density at radius 2 is 2.00 bits per heavy atom. The molecule has 8 heteroatoms. The second-order valence-corrected chi connectivity index (χ2v) is 6.63. The highest BCUT2D eigenvalue weighted by Crippen LogP contribution is 2.34. The Bertz CT molecular complexity index is 962. The van der Waals surface area contributed by atoms with Crippen molar-refractivity contribution in [1.29, 1.82) is 0 Å². The molecule has 8 nitrogen and oxygen atoms in total. The van der Waals surface area contributed by atoms with Crippen molar-refractivity contribution in [1.82, 2.24) is 19.9 Å². The lowest BCUT2D eigenvalue weighted by atomic mass is 10.1. The fraction of sp³-hybridized carbons (Fsp3) is 0.333. The van der Waals surface area contributed by atoms with Crippen LogP contribution >= 0.6 is 0 Å². The van der Waals surface area contributed by atoms with Gasteiger partial charge in [-0.1, -0.05) is 6.07 Å². The lowest BCUT2D eigenvalue weighted by molar-refractivity contribution is 0.109. The molecule has 0 saturated carbocycles. The van der Waals surface area contributed by atoms with Crippen LogP contribution in [0.15, 0.2) is 43.0 Å². The lowest BCUT2D eigenvalue weighted by Crippen LogP contribution is -2.09. The van der Waals surface area contributed by atoms with Gasteiger partial charge in [0.1, 0.15) is 6.10 Å². The Hall–Kier alpha value is -3.26. The molecule has 0 amide bonds. The Kier molecular flexibility index (Phi) is 5.81. The molecule has 29 heavy (non-hydrogen) atoms. The minimum absolute atomic E-state index is 0.0587. The molecule has 1 saturated heterocycles. The molecule has 0 aliphatic carbocycles. The number of rotatable bonds is 7. The van der Waals surface area contributed by atoms with E-state index in [2.05, 4.69) is 20.3 Å². The average Bonchev–Trinajstić information content (AvgIpc) is 3.33. The highest BCUT2D eigenvalue weighted by Gasteiger charge is 2.24. The van der Waals surface area contributed by atoms with Gasteiger partial charge in [0, 0.05) is 37.3 Å². The molecule has 1 N–H and O–H groups in total. The van der Waals surface area contributed by atoms with Crippen LogP contribution in [0.5, 0.6) is 11.5 Å². The summed E-state index contributed by atoms with van der Waals surface area (Å²) in [6, 6.07) is 5.79. The number of ether oxygens (including phenoxy) is 3. The maximum Gasteiger partial charge on any atom is 0.223 e. The van der Waals surface area contributed by atoms with Crippen LogP contribution in [0.1, 0.15) is 30.2 Å². The molecule has 4 rings (SSSR count). The van der Waals surface area contributed by atoms with E-state index in [1.165, 1.54) is 0 Å². The summed E-state index contributed by atoms with van der Waals surface area (Å²) in [7, 11) is 3.24. The van der Waals surface area contributed by atoms with Crippen molar-refractivity contribution in [3.8, 4) is 22.8 Å². The number of benzene rings is 1. The van der Waals surface area contributed by atoms with Crippen molar-refractivity contribution in [2.75, 3.05) is 26.1 Å². The number of anilines is 1. The van der Waals surface area contributed by atoms with Gasteiger partial charge in [0.25, 0.3) is 0 Å². The van der Waals surface area contributed by atoms with E-state index in [4.69, 9.17) is 19.2 Å². The molecule has 3 aromatic rings. The Balaban J connectivity index is 1.57. The molecule has 1 aromatic carbocycles. The fourth-order valence-electron chi connectivity index (χ4n) is 3.33. The van der Waals surface area contributed by atoms with Crippen molar-refractivity contribution >= 4 is 5.95 Å². The summed E-state index contributed by atoms with van der Waals surface area (Å²) in [6.45, 7) is 1.29. The highest BCUT2D eigenvalue weighted by molar-refractivity contribution is 5.61. The molecule has 1 fully saturated rings. The Morgan fingerprint density at radius 1 is 1.10 bits per heavy atom. The Morgan fingerprint density at radius 3 is 2.72 bits per heavy atom. The number of aromatic nitrogens is 4. The minimum Gasteiger partial charge on any atom is -0.493 e. The number of nitrogens with one attached hydrogen (secondary N) is 1. The van der Waals surface area contributed by atoms with Crippen LogP contribution in [-0.2, 0) is 11.3 Å². The van der Waals surface area contributed by atoms with Gasteiger partial charge in [-0.3, -0.25) is 9.97 Å². The first-order valence-electron chi connectivity index (χ1n) is 9.48. The second kappa shape index (κ2) is 8.83. The zero-order valence-corrected chi connectivity index (χ0v) is 16.5. The molecule has 1 atom stereocenters. The third-order valence-corrected chi connectivity index (χ3v) is 4.79. The minimum atomic E-state index is -0.0587. The first-order valence-corrected chi connectivity index (χ1v) is 9.48. The van der Waals surface area contributed by atoms with Crippen LogP contribution < -0.4 is 14.8 Å². The van der Waals surface area contributed by atoms with E-state index in [9.17, 15) is 0 Å². The van der Waals surface area contributed by atoms with Crippen molar-refractivity contribution in [3.05, 3.63) is 54.2 Å². The smallest absolute Gasteiger partial charge is 0.223 e. The molecule has 0 bridgehead atoms. The summed E-state index contributed by atoms with van der Waals surface area (Å²) in [4.78, 5) is 17.8. The summed E-state index contributed by atoms with van der Waals surface area (Å²) >= 11 is 0. The van der Waals surface area contributed by atoms with Crippen LogP contribution in [0.25, 0.3) is 11.3 Å². The molecule has 3 heterocycles. The summed E-state index contributed by atoms with van der Waals surface area (Å²) in [5.74, 6) is 1.92. The molecule has 0 spiro atoms. The largest absolute Gasteiger partial charge is 0.493 e. The van der Waals surface area contributed by atoms with Gasteiger partial charge in [0.2, 0.25) is 5.95 Å². The molecular weight excluding hydrogens is 370 g/mol. The molecule has 0 radical (unpaired) electrons. The predicted molar refractivity (Wildman–Crippen MR) is 108 cm³/mol. The van der Waals surface area contributed by atoms with Crippen LogP contribution in [0, 0.1) is 0 Å². The zero-order chi connectivity index (χ0) is 20.1. The summed E-state index contributed by atoms with van der Waals surface area (Å²) in [5, 5.41) is 3.28. The second-order valence-electron chi connectivity index (χ2n) is 6.63. The van der Waals surface area contributed by atoms with Crippen LogP contribution in [0.2, 0.25) is 0 Å². The SMILES string of the molecule is COc1ccc(CNc2ncc(-c3cnccn3)c([C@H]3CCCO3)n2)cc1OC. The van der Waals surface area contributed by atoms with E-state index < -0.39 is 0 Å². The quantitative estimate of drug-likeness (QED) is 0.653. The van der Waals surface area contributed by atoms with Crippen LogP contribution in [0.3, 0.4) is 0 Å². The summed E-state index contributed by atoms with van der Waals surface area (Å²) < 4.78 is 16.5. The molecular formula is C21H23N5O3. The van der Waals surface area contributed by atoms with E-state index >= 15 is 0 Å². The molecule has 1 aliphatic heterocycles. The molecule has 2 aromatic heterocycles. The molecule has 150 valence electrons. The molecule has 1 aliphatic rings. The van der Waals surface area contributed by atoms with Crippen LogP contribution in [-0.4, -0.2) is 40.8 Å². The topological polar surface area (TPSA) is 91.3 Å². The van der Waals surface area contributed by atoms with E-state index in [0.29, 0.717) is 24.0 Å².